The first-order valence-corrected chi connectivity index (χ1v) is 17.6. The Labute approximate surface area is 274 Å². The summed E-state index contributed by atoms with van der Waals surface area (Å²) in [6.07, 6.45) is 1.41. The molecule has 0 radical (unpaired) electrons. The first-order chi connectivity index (χ1) is 21.0. The molecule has 2 heterocycles. The highest BCUT2D eigenvalue weighted by molar-refractivity contribution is 7.86. The third kappa shape index (κ3) is 7.84. The van der Waals surface area contributed by atoms with Gasteiger partial charge in [-0.1, -0.05) is 68.7 Å². The van der Waals surface area contributed by atoms with E-state index in [1.54, 1.807) is 0 Å². The summed E-state index contributed by atoms with van der Waals surface area (Å²) in [7, 11) is -2.13. The molecule has 14 nitrogen and oxygen atoms in total. The van der Waals surface area contributed by atoms with Crippen LogP contribution in [-0.4, -0.2) is 109 Å². The third-order valence-electron chi connectivity index (χ3n) is 9.94. The second-order valence-electron chi connectivity index (χ2n) is 15.8. The second-order valence-corrected chi connectivity index (χ2v) is 17.9. The molecular formula is C31H55N7O7S. The Balaban J connectivity index is 1.83. The molecule has 2 aliphatic heterocycles. The van der Waals surface area contributed by atoms with Crippen LogP contribution in [0.15, 0.2) is 0 Å². The predicted octanol–water partition coefficient (Wildman–Crippen LogP) is 0.820. The standard InChI is InChI=1S/C31H55N7O7S/c1-11-13-19(23(39)25(32)40)33-26(41)22-21-18(31(21,8)9)16-38(22)27(42)24(30(5,6)7)35-28(43)34-20(29(2,3)4)17-37-15-12-14-36(10)46(37,44)45/h18-22,24H,11-17H2,1-10H3,(H2,32,40)(H,33,41)(H2,34,35,43)/t18-,19?,20+,21-,22-,24+/m0/s1. The number of urea groups is 1. The van der Waals surface area contributed by atoms with Gasteiger partial charge in [0.1, 0.15) is 12.1 Å². The highest BCUT2D eigenvalue weighted by Crippen LogP contribution is 2.65. The van der Waals surface area contributed by atoms with Crippen molar-refractivity contribution in [2.75, 3.05) is 33.2 Å². The maximum atomic E-state index is 14.3. The summed E-state index contributed by atoms with van der Waals surface area (Å²) in [6.45, 7) is 18.2. The number of nitrogens with two attached hydrogens (primary N) is 1. The number of carbonyl (C=O) groups excluding carboxylic acids is 5. The molecule has 1 unspecified atom stereocenters. The highest BCUT2D eigenvalue weighted by Gasteiger charge is 2.70. The number of fused-ring (bicyclic) bond motifs is 1. The molecule has 5 amide bonds. The number of hydrogen-bond donors (Lipinski definition) is 4. The van der Waals surface area contributed by atoms with Crippen molar-refractivity contribution in [3.8, 4) is 0 Å². The van der Waals surface area contributed by atoms with E-state index < -0.39 is 74.7 Å². The van der Waals surface area contributed by atoms with E-state index in [1.165, 1.54) is 20.6 Å². The number of amides is 5. The minimum absolute atomic E-state index is 0.0491. The molecule has 262 valence electrons. The van der Waals surface area contributed by atoms with Gasteiger partial charge < -0.3 is 26.6 Å². The summed E-state index contributed by atoms with van der Waals surface area (Å²) in [5.74, 6) is -3.10. The minimum atomic E-state index is -3.66. The van der Waals surface area contributed by atoms with Crippen LogP contribution in [0, 0.1) is 28.1 Å². The number of piperidine rings is 1. The fourth-order valence-corrected chi connectivity index (χ4v) is 8.22. The summed E-state index contributed by atoms with van der Waals surface area (Å²) in [4.78, 5) is 67.2. The van der Waals surface area contributed by atoms with Crippen LogP contribution in [0.4, 0.5) is 4.79 Å². The molecule has 15 heteroatoms. The van der Waals surface area contributed by atoms with Crippen molar-refractivity contribution in [2.24, 2.45) is 33.8 Å². The Morgan fingerprint density at radius 1 is 0.957 bits per heavy atom. The topological polar surface area (TPSA) is 191 Å². The molecule has 3 aliphatic rings. The van der Waals surface area contributed by atoms with E-state index >= 15 is 0 Å². The average molecular weight is 670 g/mol. The van der Waals surface area contributed by atoms with E-state index in [2.05, 4.69) is 16.0 Å². The minimum Gasteiger partial charge on any atom is -0.363 e. The molecule has 1 saturated carbocycles. The number of rotatable bonds is 11. The van der Waals surface area contributed by atoms with E-state index in [-0.39, 0.29) is 30.2 Å². The number of nitrogens with one attached hydrogen (secondary N) is 3. The van der Waals surface area contributed by atoms with Crippen LogP contribution in [0.2, 0.25) is 0 Å². The van der Waals surface area contributed by atoms with Crippen molar-refractivity contribution in [3.05, 3.63) is 0 Å². The predicted molar refractivity (Wildman–Crippen MR) is 173 cm³/mol. The van der Waals surface area contributed by atoms with Crippen molar-refractivity contribution in [1.29, 1.82) is 0 Å². The molecule has 5 N–H and O–H groups in total. The maximum absolute atomic E-state index is 14.3. The first kappa shape index (κ1) is 37.7. The van der Waals surface area contributed by atoms with Crippen molar-refractivity contribution in [2.45, 2.75) is 106 Å². The van der Waals surface area contributed by atoms with Crippen LogP contribution in [0.3, 0.4) is 0 Å². The zero-order chi connectivity index (χ0) is 35.2. The lowest BCUT2D eigenvalue weighted by Gasteiger charge is -2.40. The van der Waals surface area contributed by atoms with Gasteiger partial charge in [-0.3, -0.25) is 19.2 Å². The van der Waals surface area contributed by atoms with Gasteiger partial charge in [0, 0.05) is 39.3 Å². The van der Waals surface area contributed by atoms with E-state index in [0.717, 1.165) is 0 Å². The molecule has 3 rings (SSSR count). The number of hydrogen-bond acceptors (Lipinski definition) is 7. The molecular weight excluding hydrogens is 614 g/mol. The number of ketones is 1. The largest absolute Gasteiger partial charge is 0.363 e. The Hall–Kier alpha value is -2.78. The lowest BCUT2D eigenvalue weighted by molar-refractivity contribution is -0.145. The van der Waals surface area contributed by atoms with Gasteiger partial charge in [0.15, 0.2) is 0 Å². The summed E-state index contributed by atoms with van der Waals surface area (Å²) in [5.41, 5.74) is 3.74. The lowest BCUT2D eigenvalue weighted by atomic mass is 9.85. The second kappa shape index (κ2) is 13.4. The number of nitrogens with zero attached hydrogens (tertiary/aromatic N) is 3. The Bertz CT molecular complexity index is 1320. The van der Waals surface area contributed by atoms with Crippen LogP contribution in [0.5, 0.6) is 0 Å². The van der Waals surface area contributed by atoms with Gasteiger partial charge in [0.05, 0.1) is 6.04 Å². The Morgan fingerprint density at radius 3 is 2.09 bits per heavy atom. The Morgan fingerprint density at radius 2 is 1.57 bits per heavy atom. The van der Waals surface area contributed by atoms with Crippen LogP contribution in [0.25, 0.3) is 0 Å². The third-order valence-corrected chi connectivity index (χ3v) is 11.9. The highest BCUT2D eigenvalue weighted by atomic mass is 32.2. The van der Waals surface area contributed by atoms with Gasteiger partial charge in [-0.2, -0.15) is 17.0 Å². The smallest absolute Gasteiger partial charge is 0.315 e. The average Bonchev–Trinajstić information content (AvgIpc) is 3.24. The van der Waals surface area contributed by atoms with Crippen LogP contribution < -0.4 is 21.7 Å². The molecule has 6 atom stereocenters. The molecule has 46 heavy (non-hydrogen) atoms. The molecule has 0 aromatic heterocycles. The van der Waals surface area contributed by atoms with E-state index in [9.17, 15) is 32.4 Å². The van der Waals surface area contributed by atoms with Crippen molar-refractivity contribution >= 4 is 39.7 Å². The summed E-state index contributed by atoms with van der Waals surface area (Å²) in [5, 5.41) is 8.46. The van der Waals surface area contributed by atoms with Crippen molar-refractivity contribution in [1.82, 2.24) is 29.5 Å². The molecule has 1 aliphatic carbocycles. The van der Waals surface area contributed by atoms with Crippen molar-refractivity contribution < 1.29 is 32.4 Å². The van der Waals surface area contributed by atoms with E-state index in [1.807, 2.05) is 62.3 Å². The fraction of sp³-hybridized carbons (Fsp3) is 0.839. The lowest BCUT2D eigenvalue weighted by Crippen LogP contribution is -2.63. The molecule has 0 spiro atoms. The summed E-state index contributed by atoms with van der Waals surface area (Å²) >= 11 is 0. The first-order valence-electron chi connectivity index (χ1n) is 16.2. The summed E-state index contributed by atoms with van der Waals surface area (Å²) in [6, 6.07) is -4.23. The van der Waals surface area contributed by atoms with Gasteiger partial charge >= 0.3 is 6.03 Å². The quantitative estimate of drug-likeness (QED) is 0.234. The zero-order valence-electron chi connectivity index (χ0n) is 29.1. The van der Waals surface area contributed by atoms with Gasteiger partial charge in [0.2, 0.25) is 17.6 Å². The Kier molecular flexibility index (Phi) is 11.0. The van der Waals surface area contributed by atoms with E-state index in [4.69, 9.17) is 5.73 Å². The van der Waals surface area contributed by atoms with Crippen LogP contribution in [-0.2, 0) is 29.4 Å². The van der Waals surface area contributed by atoms with Gasteiger partial charge in [0.25, 0.3) is 16.1 Å². The number of primary amides is 1. The zero-order valence-corrected chi connectivity index (χ0v) is 29.9. The molecule has 0 aromatic carbocycles. The number of carbonyl (C=O) groups is 5. The van der Waals surface area contributed by atoms with Crippen LogP contribution >= 0.6 is 0 Å². The fourth-order valence-electron chi connectivity index (χ4n) is 6.77. The monoisotopic (exact) mass is 669 g/mol. The van der Waals surface area contributed by atoms with Gasteiger partial charge in [-0.25, -0.2) is 4.79 Å². The maximum Gasteiger partial charge on any atom is 0.315 e. The van der Waals surface area contributed by atoms with Crippen LogP contribution in [0.1, 0.15) is 81.6 Å². The van der Waals surface area contributed by atoms with E-state index in [0.29, 0.717) is 32.5 Å². The molecule has 0 bridgehead atoms. The van der Waals surface area contributed by atoms with Gasteiger partial charge in [-0.15, -0.1) is 0 Å². The molecule has 0 aromatic rings. The molecule has 2 saturated heterocycles. The summed E-state index contributed by atoms with van der Waals surface area (Å²) < 4.78 is 28.6. The normalized spacial score (nSPS) is 26.3. The molecule has 3 fully saturated rings. The number of Topliss-reactive ketones (excluding diaryl/α,β-unsaturated/α-hetero) is 1. The van der Waals surface area contributed by atoms with Crippen molar-refractivity contribution in [3.63, 3.8) is 0 Å². The van der Waals surface area contributed by atoms with Gasteiger partial charge in [-0.05, 0) is 40.9 Å². The number of likely N-dealkylation sites (tertiary alicyclic amines) is 1. The SMILES string of the molecule is CCCC(NC(=O)[C@@H]1[C@@H]2[C@H](CN1C(=O)[C@@H](NC(=O)N[C@H](CN1CCCN(C)S1(=O)=O)C(C)(C)C)C(C)(C)C)C2(C)C)C(=O)C(N)=O.